The van der Waals surface area contributed by atoms with Crippen molar-refractivity contribution in [3.63, 3.8) is 0 Å². The van der Waals surface area contributed by atoms with E-state index in [9.17, 15) is 4.79 Å². The number of carbonyl (C=O) groups excluding carboxylic acids is 1. The van der Waals surface area contributed by atoms with Crippen LogP contribution in [0.1, 0.15) is 23.2 Å². The number of likely N-dealkylation sites (N-methyl/N-ethyl adjacent to an activating group) is 1. The molecule has 1 aromatic carbocycles. The molecule has 0 spiro atoms. The second kappa shape index (κ2) is 7.50. The number of fused-ring (bicyclic) bond motifs is 1. The summed E-state index contributed by atoms with van der Waals surface area (Å²) in [5.74, 6) is 1.79. The van der Waals surface area contributed by atoms with Crippen LogP contribution in [0.5, 0.6) is 5.75 Å². The SMILES string of the molecule is COc1ccc2nc(N3CCCC(N(C)C(=O)c4cnn(C)c4)C3)ccc2c1. The molecule has 0 radical (unpaired) electrons. The molecule has 2 aromatic heterocycles. The predicted octanol–water partition coefficient (Wildman–Crippen LogP) is 2.72. The van der Waals surface area contributed by atoms with Gasteiger partial charge in [-0.15, -0.1) is 0 Å². The number of carbonyl (C=O) groups is 1. The van der Waals surface area contributed by atoms with E-state index in [-0.39, 0.29) is 11.9 Å². The number of methoxy groups -OCH3 is 1. The molecule has 0 saturated carbocycles. The minimum atomic E-state index is 0.0125. The smallest absolute Gasteiger partial charge is 0.257 e. The van der Waals surface area contributed by atoms with Gasteiger partial charge >= 0.3 is 0 Å². The van der Waals surface area contributed by atoms with E-state index in [1.54, 1.807) is 24.2 Å². The minimum absolute atomic E-state index is 0.0125. The van der Waals surface area contributed by atoms with Crippen LogP contribution in [0.15, 0.2) is 42.7 Å². The molecule has 3 aromatic rings. The summed E-state index contributed by atoms with van der Waals surface area (Å²) in [5, 5.41) is 5.16. The summed E-state index contributed by atoms with van der Waals surface area (Å²) in [6, 6.07) is 10.2. The van der Waals surface area contributed by atoms with Crippen molar-refractivity contribution in [2.75, 3.05) is 32.1 Å². The van der Waals surface area contributed by atoms with E-state index in [2.05, 4.69) is 16.1 Å². The van der Waals surface area contributed by atoms with Crippen LogP contribution in [0.2, 0.25) is 0 Å². The first kappa shape index (κ1) is 18.3. The molecule has 4 rings (SSSR count). The molecule has 1 aliphatic heterocycles. The van der Waals surface area contributed by atoms with Gasteiger partial charge in [-0.3, -0.25) is 9.48 Å². The lowest BCUT2D eigenvalue weighted by Gasteiger charge is -2.38. The molecule has 0 bridgehead atoms. The Morgan fingerprint density at radius 3 is 2.89 bits per heavy atom. The van der Waals surface area contributed by atoms with E-state index in [0.29, 0.717) is 5.56 Å². The maximum Gasteiger partial charge on any atom is 0.257 e. The molecule has 1 aliphatic rings. The van der Waals surface area contributed by atoms with E-state index in [1.807, 2.05) is 43.3 Å². The van der Waals surface area contributed by atoms with Crippen molar-refractivity contribution in [2.24, 2.45) is 7.05 Å². The number of aromatic nitrogens is 3. The molecule has 0 aliphatic carbocycles. The lowest BCUT2D eigenvalue weighted by molar-refractivity contribution is 0.0717. The van der Waals surface area contributed by atoms with Gasteiger partial charge in [0.25, 0.3) is 5.91 Å². The third kappa shape index (κ3) is 3.52. The maximum absolute atomic E-state index is 12.8. The molecule has 1 saturated heterocycles. The summed E-state index contributed by atoms with van der Waals surface area (Å²) < 4.78 is 6.94. The number of piperidine rings is 1. The Bertz CT molecular complexity index is 999. The van der Waals surface area contributed by atoms with Crippen molar-refractivity contribution < 1.29 is 9.53 Å². The second-order valence-electron chi connectivity index (χ2n) is 7.29. The van der Waals surface area contributed by atoms with Gasteiger partial charge in [0.05, 0.1) is 24.4 Å². The first-order valence-electron chi connectivity index (χ1n) is 9.50. The van der Waals surface area contributed by atoms with E-state index in [4.69, 9.17) is 9.72 Å². The highest BCUT2D eigenvalue weighted by atomic mass is 16.5. The number of rotatable bonds is 4. The average Bonchev–Trinajstić information content (AvgIpc) is 3.18. The fourth-order valence-electron chi connectivity index (χ4n) is 3.78. The van der Waals surface area contributed by atoms with E-state index in [1.165, 1.54) is 0 Å². The molecule has 7 nitrogen and oxygen atoms in total. The summed E-state index contributed by atoms with van der Waals surface area (Å²) in [6.45, 7) is 1.72. The second-order valence-corrected chi connectivity index (χ2v) is 7.29. The molecule has 1 amide bonds. The van der Waals surface area contributed by atoms with Crippen LogP contribution in [-0.4, -0.2) is 58.9 Å². The van der Waals surface area contributed by atoms with Crippen molar-refractivity contribution >= 4 is 22.6 Å². The normalized spacial score (nSPS) is 17.0. The van der Waals surface area contributed by atoms with Gasteiger partial charge < -0.3 is 14.5 Å². The molecular weight excluding hydrogens is 354 g/mol. The van der Waals surface area contributed by atoms with Crippen molar-refractivity contribution in [1.29, 1.82) is 0 Å². The van der Waals surface area contributed by atoms with Gasteiger partial charge in [0, 0.05) is 44.8 Å². The van der Waals surface area contributed by atoms with Gasteiger partial charge in [-0.05, 0) is 43.2 Å². The van der Waals surface area contributed by atoms with Crippen molar-refractivity contribution in [3.05, 3.63) is 48.3 Å². The lowest BCUT2D eigenvalue weighted by Crippen LogP contribution is -2.48. The Kier molecular flexibility index (Phi) is 4.90. The van der Waals surface area contributed by atoms with E-state index >= 15 is 0 Å². The quantitative estimate of drug-likeness (QED) is 0.697. The van der Waals surface area contributed by atoms with Crippen LogP contribution in [-0.2, 0) is 7.05 Å². The highest BCUT2D eigenvalue weighted by Gasteiger charge is 2.28. The lowest BCUT2D eigenvalue weighted by atomic mass is 10.0. The molecule has 1 unspecified atom stereocenters. The predicted molar refractivity (Wildman–Crippen MR) is 109 cm³/mol. The Balaban J connectivity index is 1.51. The fourth-order valence-corrected chi connectivity index (χ4v) is 3.78. The average molecular weight is 379 g/mol. The zero-order chi connectivity index (χ0) is 19.7. The Hall–Kier alpha value is -3.09. The monoisotopic (exact) mass is 379 g/mol. The van der Waals surface area contributed by atoms with Crippen LogP contribution in [0.3, 0.4) is 0 Å². The number of ether oxygens (including phenoxy) is 1. The minimum Gasteiger partial charge on any atom is -0.497 e. The number of aryl methyl sites for hydroxylation is 1. The van der Waals surface area contributed by atoms with Crippen molar-refractivity contribution in [3.8, 4) is 5.75 Å². The number of benzene rings is 1. The standard InChI is InChI=1S/C21H25N5O2/c1-24-13-16(12-22-24)21(27)25(2)17-5-4-10-26(14-17)20-9-6-15-11-18(28-3)7-8-19(15)23-20/h6-9,11-13,17H,4-5,10,14H2,1-3H3. The van der Waals surface area contributed by atoms with Crippen LogP contribution in [0.25, 0.3) is 10.9 Å². The number of anilines is 1. The Morgan fingerprint density at radius 2 is 2.14 bits per heavy atom. The van der Waals surface area contributed by atoms with Crippen molar-refractivity contribution in [1.82, 2.24) is 19.7 Å². The third-order valence-electron chi connectivity index (χ3n) is 5.42. The molecule has 146 valence electrons. The topological polar surface area (TPSA) is 63.5 Å². The first-order valence-corrected chi connectivity index (χ1v) is 9.50. The molecular formula is C21H25N5O2. The molecule has 7 heteroatoms. The first-order chi connectivity index (χ1) is 13.5. The van der Waals surface area contributed by atoms with Gasteiger partial charge in [0.1, 0.15) is 11.6 Å². The zero-order valence-electron chi connectivity index (χ0n) is 16.5. The van der Waals surface area contributed by atoms with Gasteiger partial charge in [-0.1, -0.05) is 0 Å². The van der Waals surface area contributed by atoms with Gasteiger partial charge in [-0.2, -0.15) is 5.10 Å². The fraction of sp³-hybridized carbons (Fsp3) is 0.381. The summed E-state index contributed by atoms with van der Waals surface area (Å²) >= 11 is 0. The molecule has 3 heterocycles. The molecule has 1 atom stereocenters. The Morgan fingerprint density at radius 1 is 1.29 bits per heavy atom. The van der Waals surface area contributed by atoms with E-state index < -0.39 is 0 Å². The Labute approximate surface area is 164 Å². The van der Waals surface area contributed by atoms with E-state index in [0.717, 1.165) is 48.4 Å². The summed E-state index contributed by atoms with van der Waals surface area (Å²) in [5.41, 5.74) is 1.57. The zero-order valence-corrected chi connectivity index (χ0v) is 16.5. The highest BCUT2D eigenvalue weighted by molar-refractivity contribution is 5.93. The van der Waals surface area contributed by atoms with Crippen LogP contribution >= 0.6 is 0 Å². The number of hydrogen-bond acceptors (Lipinski definition) is 5. The largest absolute Gasteiger partial charge is 0.497 e. The number of hydrogen-bond donors (Lipinski definition) is 0. The highest BCUT2D eigenvalue weighted by Crippen LogP contribution is 2.25. The van der Waals surface area contributed by atoms with Crippen molar-refractivity contribution in [2.45, 2.75) is 18.9 Å². The number of amides is 1. The van der Waals surface area contributed by atoms with Crippen LogP contribution < -0.4 is 9.64 Å². The molecule has 1 fully saturated rings. The summed E-state index contributed by atoms with van der Waals surface area (Å²) in [7, 11) is 5.36. The summed E-state index contributed by atoms with van der Waals surface area (Å²) in [6.07, 6.45) is 5.40. The number of pyridine rings is 1. The molecule has 28 heavy (non-hydrogen) atoms. The molecule has 0 N–H and O–H groups in total. The van der Waals surface area contributed by atoms with Crippen LogP contribution in [0.4, 0.5) is 5.82 Å². The number of nitrogens with zero attached hydrogens (tertiary/aromatic N) is 5. The van der Waals surface area contributed by atoms with Gasteiger partial charge in [0.2, 0.25) is 0 Å². The summed E-state index contributed by atoms with van der Waals surface area (Å²) in [4.78, 5) is 21.7. The van der Waals surface area contributed by atoms with Crippen LogP contribution in [0, 0.1) is 0 Å². The third-order valence-corrected chi connectivity index (χ3v) is 5.42. The maximum atomic E-state index is 12.8. The van der Waals surface area contributed by atoms with Gasteiger partial charge in [0.15, 0.2) is 0 Å². The van der Waals surface area contributed by atoms with Gasteiger partial charge in [-0.25, -0.2) is 4.98 Å².